The third-order valence-electron chi connectivity index (χ3n) is 3.16. The van der Waals surface area contributed by atoms with Crippen LogP contribution in [-0.4, -0.2) is 46.6 Å². The average Bonchev–Trinajstić information content (AvgIpc) is 2.39. The van der Waals surface area contributed by atoms with Gasteiger partial charge in [-0.3, -0.25) is 0 Å². The summed E-state index contributed by atoms with van der Waals surface area (Å²) in [7, 11) is -0.376. The fourth-order valence-corrected chi connectivity index (χ4v) is 2.56. The highest BCUT2D eigenvalue weighted by Gasteiger charge is 2.15. The molecule has 0 fully saturated rings. The van der Waals surface area contributed by atoms with Crippen molar-refractivity contribution in [3.63, 3.8) is 0 Å². The van der Waals surface area contributed by atoms with Crippen LogP contribution in [0.25, 0.3) is 0 Å². The van der Waals surface area contributed by atoms with Gasteiger partial charge in [0, 0.05) is 20.6 Å². The van der Waals surface area contributed by atoms with E-state index in [0.29, 0.717) is 26.2 Å². The second-order valence-corrected chi connectivity index (χ2v) is 6.82. The quantitative estimate of drug-likeness (QED) is 0.869. The van der Waals surface area contributed by atoms with Gasteiger partial charge in [-0.25, -0.2) is 4.72 Å². The van der Waals surface area contributed by atoms with Gasteiger partial charge in [0.1, 0.15) is 13.2 Å². The van der Waals surface area contributed by atoms with Crippen LogP contribution in [0.3, 0.4) is 0 Å². The third-order valence-corrected chi connectivity index (χ3v) is 4.69. The van der Waals surface area contributed by atoms with Gasteiger partial charge in [0.25, 0.3) is 10.2 Å². The van der Waals surface area contributed by atoms with Crippen LogP contribution in [0.1, 0.15) is 11.1 Å². The Morgan fingerprint density at radius 2 is 1.80 bits per heavy atom. The monoisotopic (exact) mass is 300 g/mol. The van der Waals surface area contributed by atoms with E-state index in [-0.39, 0.29) is 0 Å². The van der Waals surface area contributed by atoms with E-state index in [1.807, 2.05) is 19.1 Å². The third kappa shape index (κ3) is 3.41. The Bertz CT molecular complexity index is 584. The summed E-state index contributed by atoms with van der Waals surface area (Å²) in [5, 5.41) is 0. The molecule has 1 heterocycles. The predicted octanol–water partition coefficient (Wildman–Crippen LogP) is 0.705. The molecule has 0 radical (unpaired) electrons. The summed E-state index contributed by atoms with van der Waals surface area (Å²) in [6, 6.07) is 3.86. The van der Waals surface area contributed by atoms with Crippen molar-refractivity contribution in [1.29, 1.82) is 0 Å². The predicted molar refractivity (Wildman–Crippen MR) is 76.5 cm³/mol. The zero-order valence-corrected chi connectivity index (χ0v) is 12.8. The summed E-state index contributed by atoms with van der Waals surface area (Å²) in [6.45, 7) is 3.44. The normalized spacial score (nSPS) is 14.6. The number of hydrogen-bond donors (Lipinski definition) is 1. The fourth-order valence-electron chi connectivity index (χ4n) is 1.95. The molecule has 6 nitrogen and oxygen atoms in total. The lowest BCUT2D eigenvalue weighted by Crippen LogP contribution is -2.36. The van der Waals surface area contributed by atoms with Crippen LogP contribution in [-0.2, 0) is 16.6 Å². The van der Waals surface area contributed by atoms with Gasteiger partial charge >= 0.3 is 0 Å². The van der Waals surface area contributed by atoms with Crippen molar-refractivity contribution in [2.24, 2.45) is 0 Å². The fraction of sp³-hybridized carbons (Fsp3) is 0.538. The maximum absolute atomic E-state index is 11.6. The first-order valence-electron chi connectivity index (χ1n) is 6.46. The van der Waals surface area contributed by atoms with Crippen molar-refractivity contribution >= 4 is 10.2 Å². The van der Waals surface area contributed by atoms with Crippen LogP contribution in [0, 0.1) is 6.92 Å². The van der Waals surface area contributed by atoms with Crippen molar-refractivity contribution in [3.05, 3.63) is 23.3 Å². The van der Waals surface area contributed by atoms with Crippen molar-refractivity contribution in [2.75, 3.05) is 33.9 Å². The molecule has 0 saturated carbocycles. The van der Waals surface area contributed by atoms with Crippen LogP contribution >= 0.6 is 0 Å². The first-order valence-corrected chi connectivity index (χ1v) is 7.90. The highest BCUT2D eigenvalue weighted by molar-refractivity contribution is 7.87. The number of ether oxygens (including phenoxy) is 2. The topological polar surface area (TPSA) is 67.9 Å². The lowest BCUT2D eigenvalue weighted by atomic mass is 10.0. The Kier molecular flexibility index (Phi) is 4.52. The second-order valence-electron chi connectivity index (χ2n) is 4.85. The highest BCUT2D eigenvalue weighted by Crippen LogP contribution is 2.33. The van der Waals surface area contributed by atoms with E-state index in [1.54, 1.807) is 0 Å². The zero-order chi connectivity index (χ0) is 14.8. The van der Waals surface area contributed by atoms with Gasteiger partial charge < -0.3 is 9.47 Å². The first-order chi connectivity index (χ1) is 9.40. The van der Waals surface area contributed by atoms with Crippen molar-refractivity contribution in [1.82, 2.24) is 9.03 Å². The maximum Gasteiger partial charge on any atom is 0.278 e. The van der Waals surface area contributed by atoms with E-state index in [1.165, 1.54) is 14.1 Å². The molecule has 0 aliphatic carbocycles. The molecule has 0 amide bonds. The standard InChI is InChI=1S/C13H20N2O4S/c1-10-8-12-13(19-7-6-18-12)9-11(10)4-5-14-20(16,17)15(2)3/h8-9,14H,4-7H2,1-3H3. The summed E-state index contributed by atoms with van der Waals surface area (Å²) >= 11 is 0. The molecule has 2 rings (SSSR count). The van der Waals surface area contributed by atoms with Crippen molar-refractivity contribution in [3.8, 4) is 11.5 Å². The molecule has 20 heavy (non-hydrogen) atoms. The Morgan fingerprint density at radius 1 is 1.20 bits per heavy atom. The average molecular weight is 300 g/mol. The molecule has 112 valence electrons. The second kappa shape index (κ2) is 5.99. The number of fused-ring (bicyclic) bond motifs is 1. The Hall–Kier alpha value is -1.31. The van der Waals surface area contributed by atoms with E-state index in [4.69, 9.17) is 9.47 Å². The molecule has 1 N–H and O–H groups in total. The molecule has 0 bridgehead atoms. The van der Waals surface area contributed by atoms with Crippen LogP contribution < -0.4 is 14.2 Å². The summed E-state index contributed by atoms with van der Waals surface area (Å²) in [4.78, 5) is 0. The molecule has 0 saturated heterocycles. The lowest BCUT2D eigenvalue weighted by Gasteiger charge is -2.20. The Balaban J connectivity index is 2.03. The first kappa shape index (κ1) is 15.1. The number of nitrogens with one attached hydrogen (secondary N) is 1. The van der Waals surface area contributed by atoms with Crippen LogP contribution in [0.5, 0.6) is 11.5 Å². The summed E-state index contributed by atoms with van der Waals surface area (Å²) in [5.41, 5.74) is 2.12. The molecule has 1 aliphatic heterocycles. The molecule has 1 aliphatic rings. The molecule has 7 heteroatoms. The molecule has 0 atom stereocenters. The molecule has 0 spiro atoms. The van der Waals surface area contributed by atoms with Gasteiger partial charge in [0.2, 0.25) is 0 Å². The van der Waals surface area contributed by atoms with Crippen molar-refractivity contribution in [2.45, 2.75) is 13.3 Å². The summed E-state index contributed by atoms with van der Waals surface area (Å²) < 4.78 is 38.0. The van der Waals surface area contributed by atoms with E-state index in [9.17, 15) is 8.42 Å². The highest BCUT2D eigenvalue weighted by atomic mass is 32.2. The van der Waals surface area contributed by atoms with Gasteiger partial charge in [0.15, 0.2) is 11.5 Å². The minimum absolute atomic E-state index is 0.348. The van der Waals surface area contributed by atoms with E-state index < -0.39 is 10.2 Å². The molecular weight excluding hydrogens is 280 g/mol. The molecule has 1 aromatic rings. The number of benzene rings is 1. The maximum atomic E-state index is 11.6. The lowest BCUT2D eigenvalue weighted by molar-refractivity contribution is 0.171. The van der Waals surface area contributed by atoms with E-state index in [2.05, 4.69) is 4.72 Å². The van der Waals surface area contributed by atoms with Gasteiger partial charge in [-0.1, -0.05) is 0 Å². The number of hydrogen-bond acceptors (Lipinski definition) is 4. The van der Waals surface area contributed by atoms with Gasteiger partial charge in [-0.05, 0) is 36.6 Å². The molecule has 0 unspecified atom stereocenters. The minimum Gasteiger partial charge on any atom is -0.486 e. The summed E-state index contributed by atoms with van der Waals surface area (Å²) in [6.07, 6.45) is 0.607. The molecule has 1 aromatic carbocycles. The Labute approximate surface area is 119 Å². The largest absolute Gasteiger partial charge is 0.486 e. The SMILES string of the molecule is Cc1cc2c(cc1CCNS(=O)(=O)N(C)C)OCCO2. The molecular formula is C13H20N2O4S. The van der Waals surface area contributed by atoms with Gasteiger partial charge in [-0.15, -0.1) is 0 Å². The summed E-state index contributed by atoms with van der Waals surface area (Å²) in [5.74, 6) is 1.48. The van der Waals surface area contributed by atoms with Crippen LogP contribution in [0.4, 0.5) is 0 Å². The van der Waals surface area contributed by atoms with Crippen LogP contribution in [0.15, 0.2) is 12.1 Å². The zero-order valence-electron chi connectivity index (χ0n) is 12.0. The van der Waals surface area contributed by atoms with E-state index in [0.717, 1.165) is 26.9 Å². The number of rotatable bonds is 5. The number of aryl methyl sites for hydroxylation is 1. The molecule has 0 aromatic heterocycles. The number of nitrogens with zero attached hydrogens (tertiary/aromatic N) is 1. The minimum atomic E-state index is -3.37. The Morgan fingerprint density at radius 3 is 2.40 bits per heavy atom. The van der Waals surface area contributed by atoms with E-state index >= 15 is 0 Å². The smallest absolute Gasteiger partial charge is 0.278 e. The van der Waals surface area contributed by atoms with Crippen molar-refractivity contribution < 1.29 is 17.9 Å². The van der Waals surface area contributed by atoms with Gasteiger partial charge in [0.05, 0.1) is 0 Å². The van der Waals surface area contributed by atoms with Gasteiger partial charge in [-0.2, -0.15) is 12.7 Å². The van der Waals surface area contributed by atoms with Crippen LogP contribution in [0.2, 0.25) is 0 Å².